The Bertz CT molecular complexity index is 471. The Morgan fingerprint density at radius 2 is 1.74 bits per heavy atom. The number of ether oxygens (including phenoxy) is 1. The van der Waals surface area contributed by atoms with Crippen molar-refractivity contribution in [3.05, 3.63) is 33.9 Å². The van der Waals surface area contributed by atoms with Gasteiger partial charge in [0.05, 0.1) is 12.7 Å². The van der Waals surface area contributed by atoms with Gasteiger partial charge < -0.3 is 4.74 Å². The minimum absolute atomic E-state index is 0.238. The molecule has 0 radical (unpaired) electrons. The van der Waals surface area contributed by atoms with Gasteiger partial charge in [-0.2, -0.15) is 0 Å². The van der Waals surface area contributed by atoms with Gasteiger partial charge in [-0.1, -0.05) is 33.8 Å². The standard InChI is InChI=1S/C18H28O/c1-10(2)15-8-12(5)13(6)17-14(7)19-9-16(11(3)4)18(15)17/h8,10-11,14,16H,9H2,1-7H3/t14-,16?/m1/s1. The van der Waals surface area contributed by atoms with Crippen LogP contribution in [-0.4, -0.2) is 6.61 Å². The summed E-state index contributed by atoms with van der Waals surface area (Å²) in [5.41, 5.74) is 7.42. The van der Waals surface area contributed by atoms with E-state index >= 15 is 0 Å². The first-order valence-corrected chi connectivity index (χ1v) is 7.60. The molecule has 0 saturated carbocycles. The lowest BCUT2D eigenvalue weighted by molar-refractivity contribution is 0.0299. The lowest BCUT2D eigenvalue weighted by Crippen LogP contribution is -2.26. The fraction of sp³-hybridized carbons (Fsp3) is 0.667. The maximum absolute atomic E-state index is 6.05. The summed E-state index contributed by atoms with van der Waals surface area (Å²) in [6.45, 7) is 16.8. The molecule has 2 rings (SSSR count). The SMILES string of the molecule is Cc1cc(C(C)C)c2c(c1C)[C@@H](C)OCC2C(C)C. The molecule has 1 unspecified atom stereocenters. The molecule has 0 amide bonds. The highest BCUT2D eigenvalue weighted by Crippen LogP contribution is 2.43. The normalized spacial score (nSPS) is 23.0. The third-order valence-electron chi connectivity index (χ3n) is 4.70. The van der Waals surface area contributed by atoms with E-state index in [2.05, 4.69) is 54.5 Å². The Kier molecular flexibility index (Phi) is 4.06. The highest BCUT2D eigenvalue weighted by atomic mass is 16.5. The molecular weight excluding hydrogens is 232 g/mol. The maximum atomic E-state index is 6.05. The minimum atomic E-state index is 0.238. The molecule has 0 fully saturated rings. The van der Waals surface area contributed by atoms with Gasteiger partial charge in [0.2, 0.25) is 0 Å². The lowest BCUT2D eigenvalue weighted by atomic mass is 9.75. The van der Waals surface area contributed by atoms with Crippen molar-refractivity contribution in [3.63, 3.8) is 0 Å². The third kappa shape index (κ3) is 2.45. The van der Waals surface area contributed by atoms with Gasteiger partial charge in [-0.3, -0.25) is 0 Å². The molecule has 1 aromatic rings. The number of rotatable bonds is 2. The summed E-state index contributed by atoms with van der Waals surface area (Å²) in [5.74, 6) is 1.76. The van der Waals surface area contributed by atoms with Gasteiger partial charge in [-0.05, 0) is 60.4 Å². The fourth-order valence-corrected chi connectivity index (χ4v) is 3.35. The molecule has 1 aliphatic rings. The molecule has 1 heteroatoms. The molecule has 1 aliphatic heterocycles. The summed E-state index contributed by atoms with van der Waals surface area (Å²) in [6.07, 6.45) is 0.238. The second-order valence-electron chi connectivity index (χ2n) is 6.72. The van der Waals surface area contributed by atoms with E-state index in [0.29, 0.717) is 17.8 Å². The first kappa shape index (κ1) is 14.6. The molecule has 0 aliphatic carbocycles. The van der Waals surface area contributed by atoms with Crippen molar-refractivity contribution in [2.24, 2.45) is 5.92 Å². The zero-order chi connectivity index (χ0) is 14.3. The largest absolute Gasteiger partial charge is 0.373 e. The van der Waals surface area contributed by atoms with E-state index < -0.39 is 0 Å². The molecule has 0 N–H and O–H groups in total. The van der Waals surface area contributed by atoms with Crippen LogP contribution >= 0.6 is 0 Å². The predicted molar refractivity (Wildman–Crippen MR) is 82.0 cm³/mol. The van der Waals surface area contributed by atoms with E-state index in [1.54, 1.807) is 5.56 Å². The number of hydrogen-bond acceptors (Lipinski definition) is 1. The molecule has 0 saturated heterocycles. The van der Waals surface area contributed by atoms with Crippen LogP contribution in [0.15, 0.2) is 6.07 Å². The van der Waals surface area contributed by atoms with Crippen molar-refractivity contribution in [3.8, 4) is 0 Å². The second kappa shape index (κ2) is 5.28. The van der Waals surface area contributed by atoms with Crippen LogP contribution in [-0.2, 0) is 4.74 Å². The summed E-state index contributed by atoms with van der Waals surface area (Å²) >= 11 is 0. The smallest absolute Gasteiger partial charge is 0.0802 e. The van der Waals surface area contributed by atoms with Crippen LogP contribution in [0, 0.1) is 19.8 Å². The average molecular weight is 260 g/mol. The van der Waals surface area contributed by atoms with Crippen molar-refractivity contribution in [2.75, 3.05) is 6.61 Å². The Morgan fingerprint density at radius 3 is 2.26 bits per heavy atom. The Morgan fingerprint density at radius 1 is 1.11 bits per heavy atom. The highest BCUT2D eigenvalue weighted by molar-refractivity contribution is 5.50. The summed E-state index contributed by atoms with van der Waals surface area (Å²) in [6, 6.07) is 2.41. The summed E-state index contributed by atoms with van der Waals surface area (Å²) < 4.78 is 6.05. The predicted octanol–water partition coefficient (Wildman–Crippen LogP) is 5.26. The molecule has 0 aromatic heterocycles. The molecule has 0 bridgehead atoms. The van der Waals surface area contributed by atoms with Crippen LogP contribution in [0.5, 0.6) is 0 Å². The van der Waals surface area contributed by atoms with Gasteiger partial charge in [-0.25, -0.2) is 0 Å². The van der Waals surface area contributed by atoms with Gasteiger partial charge in [0.15, 0.2) is 0 Å². The van der Waals surface area contributed by atoms with E-state index in [9.17, 15) is 0 Å². The van der Waals surface area contributed by atoms with E-state index in [1.165, 1.54) is 22.3 Å². The summed E-state index contributed by atoms with van der Waals surface area (Å²) in [5, 5.41) is 0. The van der Waals surface area contributed by atoms with Crippen LogP contribution in [0.2, 0.25) is 0 Å². The quantitative estimate of drug-likeness (QED) is 0.705. The number of aryl methyl sites for hydroxylation is 1. The third-order valence-corrected chi connectivity index (χ3v) is 4.70. The zero-order valence-corrected chi connectivity index (χ0v) is 13.5. The second-order valence-corrected chi connectivity index (χ2v) is 6.72. The van der Waals surface area contributed by atoms with Gasteiger partial charge in [0.1, 0.15) is 0 Å². The number of fused-ring (bicyclic) bond motifs is 1. The Labute approximate surface area is 118 Å². The Hall–Kier alpha value is -0.820. The topological polar surface area (TPSA) is 9.23 Å². The zero-order valence-electron chi connectivity index (χ0n) is 13.5. The first-order chi connectivity index (χ1) is 8.84. The fourth-order valence-electron chi connectivity index (χ4n) is 3.35. The van der Waals surface area contributed by atoms with Crippen LogP contribution in [0.25, 0.3) is 0 Å². The van der Waals surface area contributed by atoms with Crippen molar-refractivity contribution >= 4 is 0 Å². The number of benzene rings is 1. The highest BCUT2D eigenvalue weighted by Gasteiger charge is 2.32. The van der Waals surface area contributed by atoms with Gasteiger partial charge in [0.25, 0.3) is 0 Å². The molecule has 1 heterocycles. The summed E-state index contributed by atoms with van der Waals surface area (Å²) in [7, 11) is 0. The maximum Gasteiger partial charge on any atom is 0.0802 e. The van der Waals surface area contributed by atoms with E-state index in [1.807, 2.05) is 0 Å². The van der Waals surface area contributed by atoms with E-state index in [-0.39, 0.29) is 6.10 Å². The van der Waals surface area contributed by atoms with E-state index in [0.717, 1.165) is 6.61 Å². The average Bonchev–Trinajstić information content (AvgIpc) is 2.32. The molecule has 106 valence electrons. The number of hydrogen-bond donors (Lipinski definition) is 0. The van der Waals surface area contributed by atoms with Crippen LogP contribution in [0.4, 0.5) is 0 Å². The molecule has 2 atom stereocenters. The monoisotopic (exact) mass is 260 g/mol. The minimum Gasteiger partial charge on any atom is -0.373 e. The van der Waals surface area contributed by atoms with Crippen LogP contribution < -0.4 is 0 Å². The molecule has 1 aromatic carbocycles. The van der Waals surface area contributed by atoms with Crippen molar-refractivity contribution < 1.29 is 4.74 Å². The molecule has 19 heavy (non-hydrogen) atoms. The molecular formula is C18H28O. The van der Waals surface area contributed by atoms with Gasteiger partial charge >= 0.3 is 0 Å². The molecule has 1 nitrogen and oxygen atoms in total. The molecule has 0 spiro atoms. The van der Waals surface area contributed by atoms with Gasteiger partial charge in [-0.15, -0.1) is 0 Å². The Balaban J connectivity index is 2.73. The van der Waals surface area contributed by atoms with Gasteiger partial charge in [0, 0.05) is 5.92 Å². The first-order valence-electron chi connectivity index (χ1n) is 7.60. The summed E-state index contributed by atoms with van der Waals surface area (Å²) in [4.78, 5) is 0. The van der Waals surface area contributed by atoms with Crippen molar-refractivity contribution in [1.29, 1.82) is 0 Å². The van der Waals surface area contributed by atoms with E-state index in [4.69, 9.17) is 4.74 Å². The van der Waals surface area contributed by atoms with Crippen LogP contribution in [0.1, 0.15) is 80.4 Å². The van der Waals surface area contributed by atoms with Crippen LogP contribution in [0.3, 0.4) is 0 Å². The lowest BCUT2D eigenvalue weighted by Gasteiger charge is -2.37. The van der Waals surface area contributed by atoms with Crippen molar-refractivity contribution in [2.45, 2.75) is 66.4 Å². The van der Waals surface area contributed by atoms with Crippen molar-refractivity contribution in [1.82, 2.24) is 0 Å².